The minimum absolute atomic E-state index is 0.111. The molecule has 2 aromatic rings. The average Bonchev–Trinajstić information content (AvgIpc) is 2.53. The second-order valence-electron chi connectivity index (χ2n) is 6.43. The van der Waals surface area contributed by atoms with Gasteiger partial charge in [-0.25, -0.2) is 14.8 Å². The highest BCUT2D eigenvalue weighted by Crippen LogP contribution is 2.23. The fourth-order valence-corrected chi connectivity index (χ4v) is 2.33. The molecule has 3 heterocycles. The number of carbonyl (C=O) groups excluding carboxylic acids is 1. The van der Waals surface area contributed by atoms with E-state index in [2.05, 4.69) is 19.9 Å². The molecule has 1 saturated heterocycles. The normalized spacial score (nSPS) is 15.5. The summed E-state index contributed by atoms with van der Waals surface area (Å²) in [5.41, 5.74) is 6.04. The molecule has 0 radical (unpaired) electrons. The molecular weight excluding hydrogens is 312 g/mol. The monoisotopic (exact) mass is 332 g/mol. The second kappa shape index (κ2) is 6.16. The molecule has 3 rings (SSSR count). The maximum atomic E-state index is 12.2. The van der Waals surface area contributed by atoms with Crippen LogP contribution in [0, 0.1) is 0 Å². The Balaban J connectivity index is 2.03. The van der Waals surface area contributed by atoms with Crippen LogP contribution >= 0.6 is 0 Å². The number of esters is 1. The maximum Gasteiger partial charge on any atom is 0.359 e. The van der Waals surface area contributed by atoms with Crippen molar-refractivity contribution in [1.29, 1.82) is 0 Å². The van der Waals surface area contributed by atoms with Crippen molar-refractivity contribution >= 4 is 28.9 Å². The molecule has 0 aliphatic carbocycles. The van der Waals surface area contributed by atoms with E-state index < -0.39 is 11.6 Å². The fraction of sp³-hybridized carbons (Fsp3) is 0.533. The van der Waals surface area contributed by atoms with Crippen molar-refractivity contribution in [2.75, 3.05) is 36.9 Å². The Morgan fingerprint density at radius 3 is 2.62 bits per heavy atom. The summed E-state index contributed by atoms with van der Waals surface area (Å²) in [5, 5.41) is 0. The van der Waals surface area contributed by atoms with Crippen LogP contribution in [0.5, 0.6) is 0 Å². The van der Waals surface area contributed by atoms with Crippen LogP contribution in [-0.2, 0) is 9.47 Å². The van der Waals surface area contributed by atoms with Crippen LogP contribution in [0.3, 0.4) is 0 Å². The molecule has 0 atom stereocenters. The SMILES string of the molecule is CC(C)(C)OC(=O)c1cnc2nc(N)nc(N3CCOCC3)c2n1. The van der Waals surface area contributed by atoms with Crippen molar-refractivity contribution < 1.29 is 14.3 Å². The number of rotatable bonds is 2. The first-order chi connectivity index (χ1) is 11.3. The van der Waals surface area contributed by atoms with Gasteiger partial charge in [0.2, 0.25) is 5.95 Å². The van der Waals surface area contributed by atoms with E-state index in [0.717, 1.165) is 0 Å². The van der Waals surface area contributed by atoms with Crippen LogP contribution in [-0.4, -0.2) is 57.8 Å². The Kier molecular flexibility index (Phi) is 4.18. The summed E-state index contributed by atoms with van der Waals surface area (Å²) in [7, 11) is 0. The average molecular weight is 332 g/mol. The number of ether oxygens (including phenoxy) is 2. The Morgan fingerprint density at radius 2 is 1.96 bits per heavy atom. The Morgan fingerprint density at radius 1 is 1.25 bits per heavy atom. The first-order valence-corrected chi connectivity index (χ1v) is 7.70. The number of fused-ring (bicyclic) bond motifs is 1. The third-order valence-corrected chi connectivity index (χ3v) is 3.32. The zero-order valence-corrected chi connectivity index (χ0v) is 13.9. The van der Waals surface area contributed by atoms with Crippen LogP contribution in [0.4, 0.5) is 11.8 Å². The van der Waals surface area contributed by atoms with Crippen molar-refractivity contribution in [3.05, 3.63) is 11.9 Å². The minimum Gasteiger partial charge on any atom is -0.455 e. The van der Waals surface area contributed by atoms with Crippen molar-refractivity contribution in [2.45, 2.75) is 26.4 Å². The number of aromatic nitrogens is 4. The molecule has 0 aromatic carbocycles. The highest BCUT2D eigenvalue weighted by Gasteiger charge is 2.23. The summed E-state index contributed by atoms with van der Waals surface area (Å²) in [6, 6.07) is 0. The first-order valence-electron chi connectivity index (χ1n) is 7.70. The lowest BCUT2D eigenvalue weighted by atomic mass is 10.2. The Hall–Kier alpha value is -2.55. The van der Waals surface area contributed by atoms with Crippen LogP contribution in [0.1, 0.15) is 31.3 Å². The lowest BCUT2D eigenvalue weighted by molar-refractivity contribution is 0.00628. The molecule has 9 heteroatoms. The Labute approximate surface area is 139 Å². The standard InChI is InChI=1S/C15H20N6O3/c1-15(2,3)24-13(22)9-8-17-11-10(18-9)12(20-14(16)19-11)21-4-6-23-7-5-21/h8H,4-7H2,1-3H3,(H2,16,17,19,20). The lowest BCUT2D eigenvalue weighted by Crippen LogP contribution is -2.37. The number of nitrogens with zero attached hydrogens (tertiary/aromatic N) is 5. The van der Waals surface area contributed by atoms with Gasteiger partial charge in [0.1, 0.15) is 5.60 Å². The van der Waals surface area contributed by atoms with E-state index in [1.807, 2.05) is 4.90 Å². The lowest BCUT2D eigenvalue weighted by Gasteiger charge is -2.28. The van der Waals surface area contributed by atoms with Gasteiger partial charge in [-0.1, -0.05) is 0 Å². The molecule has 128 valence electrons. The zero-order chi connectivity index (χ0) is 17.3. The summed E-state index contributed by atoms with van der Waals surface area (Å²) in [5.74, 6) is 0.128. The largest absolute Gasteiger partial charge is 0.455 e. The topological polar surface area (TPSA) is 116 Å². The predicted molar refractivity (Wildman–Crippen MR) is 87.7 cm³/mol. The molecule has 2 N–H and O–H groups in total. The number of nitrogens with two attached hydrogens (primary N) is 1. The summed E-state index contributed by atoms with van der Waals surface area (Å²) in [6.07, 6.45) is 1.34. The van der Waals surface area contributed by atoms with E-state index in [-0.39, 0.29) is 11.6 Å². The van der Waals surface area contributed by atoms with Gasteiger partial charge in [-0.05, 0) is 20.8 Å². The van der Waals surface area contributed by atoms with Gasteiger partial charge in [0.15, 0.2) is 22.7 Å². The molecule has 1 aliphatic rings. The Bertz CT molecular complexity index is 768. The number of nitrogen functional groups attached to an aromatic ring is 1. The van der Waals surface area contributed by atoms with Crippen LogP contribution < -0.4 is 10.6 Å². The van der Waals surface area contributed by atoms with Gasteiger partial charge in [0, 0.05) is 13.1 Å². The van der Waals surface area contributed by atoms with Crippen LogP contribution in [0.25, 0.3) is 11.2 Å². The van der Waals surface area contributed by atoms with Crippen LogP contribution in [0.15, 0.2) is 6.20 Å². The molecule has 24 heavy (non-hydrogen) atoms. The van der Waals surface area contributed by atoms with E-state index in [1.54, 1.807) is 20.8 Å². The van der Waals surface area contributed by atoms with Gasteiger partial charge in [0.25, 0.3) is 0 Å². The van der Waals surface area contributed by atoms with Crippen LogP contribution in [0.2, 0.25) is 0 Å². The maximum absolute atomic E-state index is 12.2. The highest BCUT2D eigenvalue weighted by molar-refractivity contribution is 5.91. The summed E-state index contributed by atoms with van der Waals surface area (Å²) < 4.78 is 10.7. The van der Waals surface area contributed by atoms with Gasteiger partial charge in [-0.3, -0.25) is 0 Å². The quantitative estimate of drug-likeness (QED) is 0.797. The predicted octanol–water partition coefficient (Wildman–Crippen LogP) is 0.794. The number of carbonyl (C=O) groups is 1. The number of hydrogen-bond donors (Lipinski definition) is 1. The molecule has 1 aliphatic heterocycles. The van der Waals surface area contributed by atoms with Gasteiger partial charge >= 0.3 is 5.97 Å². The smallest absolute Gasteiger partial charge is 0.359 e. The summed E-state index contributed by atoms with van der Waals surface area (Å²) >= 11 is 0. The van der Waals surface area contributed by atoms with Gasteiger partial charge < -0.3 is 20.1 Å². The third-order valence-electron chi connectivity index (χ3n) is 3.32. The first kappa shape index (κ1) is 16.3. The molecule has 9 nitrogen and oxygen atoms in total. The number of anilines is 2. The third kappa shape index (κ3) is 3.51. The van der Waals surface area contributed by atoms with Gasteiger partial charge in [0.05, 0.1) is 19.4 Å². The van der Waals surface area contributed by atoms with E-state index in [1.165, 1.54) is 6.20 Å². The highest BCUT2D eigenvalue weighted by atomic mass is 16.6. The summed E-state index contributed by atoms with van der Waals surface area (Å²) in [6.45, 7) is 7.87. The van der Waals surface area contributed by atoms with Crippen molar-refractivity contribution in [3.63, 3.8) is 0 Å². The van der Waals surface area contributed by atoms with E-state index in [4.69, 9.17) is 15.2 Å². The molecule has 0 unspecified atom stereocenters. The zero-order valence-electron chi connectivity index (χ0n) is 13.9. The molecule has 0 spiro atoms. The molecule has 0 saturated carbocycles. The second-order valence-corrected chi connectivity index (χ2v) is 6.43. The molecule has 0 amide bonds. The number of hydrogen-bond acceptors (Lipinski definition) is 9. The summed E-state index contributed by atoms with van der Waals surface area (Å²) in [4.78, 5) is 31.2. The van der Waals surface area contributed by atoms with E-state index in [9.17, 15) is 4.79 Å². The van der Waals surface area contributed by atoms with Gasteiger partial charge in [-0.2, -0.15) is 9.97 Å². The molecular formula is C15H20N6O3. The minimum atomic E-state index is -0.613. The van der Waals surface area contributed by atoms with E-state index in [0.29, 0.717) is 43.3 Å². The van der Waals surface area contributed by atoms with Crippen molar-refractivity contribution in [3.8, 4) is 0 Å². The van der Waals surface area contributed by atoms with Crippen molar-refractivity contribution in [1.82, 2.24) is 19.9 Å². The molecule has 0 bridgehead atoms. The fourth-order valence-electron chi connectivity index (χ4n) is 2.33. The van der Waals surface area contributed by atoms with E-state index >= 15 is 0 Å². The number of morpholine rings is 1. The van der Waals surface area contributed by atoms with Gasteiger partial charge in [-0.15, -0.1) is 0 Å². The molecule has 2 aromatic heterocycles. The molecule has 1 fully saturated rings. The van der Waals surface area contributed by atoms with Crippen molar-refractivity contribution in [2.24, 2.45) is 0 Å².